The summed E-state index contributed by atoms with van der Waals surface area (Å²) in [7, 11) is 3.38. The summed E-state index contributed by atoms with van der Waals surface area (Å²) in [4.78, 5) is 16.3. The topological polar surface area (TPSA) is 44.1 Å². The van der Waals surface area contributed by atoms with E-state index in [0.717, 1.165) is 0 Å². The molecular weight excluding hydrogens is 252 g/mol. The molecule has 0 unspecified atom stereocenters. The Morgan fingerprint density at radius 1 is 1.50 bits per heavy atom. The van der Waals surface area contributed by atoms with Gasteiger partial charge in [0.1, 0.15) is 11.6 Å². The zero-order valence-corrected chi connectivity index (χ0v) is 10.9. The predicted molar refractivity (Wildman–Crippen MR) is 69.2 cm³/mol. The smallest absolute Gasteiger partial charge is 0.174 e. The maximum atomic E-state index is 12.2. The zero-order chi connectivity index (χ0) is 13.1. The fourth-order valence-electron chi connectivity index (χ4n) is 1.70. The molecule has 0 spiro atoms. The van der Waals surface area contributed by atoms with Crippen molar-refractivity contribution < 1.29 is 9.53 Å². The third-order valence-electron chi connectivity index (χ3n) is 2.70. The van der Waals surface area contributed by atoms with Gasteiger partial charge in [-0.1, -0.05) is 11.6 Å². The fraction of sp³-hybridized carbons (Fsp3) is 0.231. The van der Waals surface area contributed by atoms with Crippen LogP contribution in [0.5, 0.6) is 5.75 Å². The highest BCUT2D eigenvalue weighted by Gasteiger charge is 2.15. The number of ketones is 1. The average molecular weight is 265 g/mol. The minimum atomic E-state index is -0.0661. The molecule has 0 aliphatic rings. The van der Waals surface area contributed by atoms with Crippen LogP contribution in [0.4, 0.5) is 0 Å². The van der Waals surface area contributed by atoms with E-state index in [-0.39, 0.29) is 12.2 Å². The van der Waals surface area contributed by atoms with Crippen molar-refractivity contribution in [1.29, 1.82) is 0 Å². The van der Waals surface area contributed by atoms with Gasteiger partial charge in [0, 0.05) is 24.5 Å². The molecule has 1 aromatic carbocycles. The molecule has 0 radical (unpaired) electrons. The molecule has 0 fully saturated rings. The Labute approximate surface area is 110 Å². The highest BCUT2D eigenvalue weighted by atomic mass is 35.5. The van der Waals surface area contributed by atoms with Crippen molar-refractivity contribution in [1.82, 2.24) is 9.55 Å². The second-order valence-electron chi connectivity index (χ2n) is 3.90. The van der Waals surface area contributed by atoms with Crippen LogP contribution in [0.2, 0.25) is 5.02 Å². The van der Waals surface area contributed by atoms with Gasteiger partial charge in [0.05, 0.1) is 19.1 Å². The number of Topliss-reactive ketones (excluding diaryl/α,β-unsaturated/α-hetero) is 1. The minimum absolute atomic E-state index is 0.0661. The number of aromatic nitrogens is 2. The second kappa shape index (κ2) is 5.23. The van der Waals surface area contributed by atoms with Gasteiger partial charge in [-0.25, -0.2) is 4.98 Å². The summed E-state index contributed by atoms with van der Waals surface area (Å²) < 4.78 is 6.98. The predicted octanol–water partition coefficient (Wildman–Crippen LogP) is 2.51. The zero-order valence-electron chi connectivity index (χ0n) is 10.2. The quantitative estimate of drug-likeness (QED) is 0.797. The SMILES string of the molecule is COc1ccc(Cl)cc1C(=O)Cc1nccn1C. The van der Waals surface area contributed by atoms with Crippen molar-refractivity contribution in [2.75, 3.05) is 7.11 Å². The van der Waals surface area contributed by atoms with Gasteiger partial charge in [-0.2, -0.15) is 0 Å². The largest absolute Gasteiger partial charge is 0.496 e. The Morgan fingerprint density at radius 3 is 2.89 bits per heavy atom. The van der Waals surface area contributed by atoms with Crippen LogP contribution in [0.15, 0.2) is 30.6 Å². The lowest BCUT2D eigenvalue weighted by molar-refractivity contribution is 0.0987. The molecule has 2 aromatic rings. The first-order valence-electron chi connectivity index (χ1n) is 5.44. The number of ether oxygens (including phenoxy) is 1. The van der Waals surface area contributed by atoms with Gasteiger partial charge in [-0.05, 0) is 18.2 Å². The number of methoxy groups -OCH3 is 1. The van der Waals surface area contributed by atoms with Crippen LogP contribution in [0.1, 0.15) is 16.2 Å². The van der Waals surface area contributed by atoms with E-state index in [1.54, 1.807) is 30.6 Å². The normalized spacial score (nSPS) is 10.4. The third-order valence-corrected chi connectivity index (χ3v) is 2.94. The van der Waals surface area contributed by atoms with E-state index in [2.05, 4.69) is 4.98 Å². The molecule has 94 valence electrons. The molecule has 5 heteroatoms. The summed E-state index contributed by atoms with van der Waals surface area (Å²) in [5, 5.41) is 0.513. The van der Waals surface area contributed by atoms with E-state index in [0.29, 0.717) is 22.2 Å². The first-order valence-corrected chi connectivity index (χ1v) is 5.82. The van der Waals surface area contributed by atoms with Gasteiger partial charge in [-0.15, -0.1) is 0 Å². The molecule has 0 aliphatic heterocycles. The lowest BCUT2D eigenvalue weighted by Crippen LogP contribution is -2.09. The van der Waals surface area contributed by atoms with Gasteiger partial charge >= 0.3 is 0 Å². The van der Waals surface area contributed by atoms with Crippen LogP contribution >= 0.6 is 11.6 Å². The summed E-state index contributed by atoms with van der Waals surface area (Å²) in [6.07, 6.45) is 3.69. The van der Waals surface area contributed by atoms with Gasteiger partial charge < -0.3 is 9.30 Å². The second-order valence-corrected chi connectivity index (χ2v) is 4.34. The van der Waals surface area contributed by atoms with E-state index >= 15 is 0 Å². The number of benzene rings is 1. The van der Waals surface area contributed by atoms with Gasteiger partial charge in [0.15, 0.2) is 5.78 Å². The molecule has 0 saturated heterocycles. The summed E-state index contributed by atoms with van der Waals surface area (Å²) in [5.74, 6) is 1.17. The van der Waals surface area contributed by atoms with Crippen molar-refractivity contribution in [3.8, 4) is 5.75 Å². The van der Waals surface area contributed by atoms with E-state index in [4.69, 9.17) is 16.3 Å². The molecule has 1 heterocycles. The molecule has 0 aliphatic carbocycles. The number of rotatable bonds is 4. The summed E-state index contributed by atoms with van der Waals surface area (Å²) in [6, 6.07) is 5.00. The first-order chi connectivity index (χ1) is 8.61. The Hall–Kier alpha value is -1.81. The Morgan fingerprint density at radius 2 is 2.28 bits per heavy atom. The van der Waals surface area contributed by atoms with Crippen LogP contribution in [0, 0.1) is 0 Å². The first kappa shape index (κ1) is 12.6. The van der Waals surface area contributed by atoms with Crippen LogP contribution in [0.3, 0.4) is 0 Å². The fourth-order valence-corrected chi connectivity index (χ4v) is 1.88. The van der Waals surface area contributed by atoms with Crippen molar-refractivity contribution >= 4 is 17.4 Å². The Kier molecular flexibility index (Phi) is 3.67. The van der Waals surface area contributed by atoms with Crippen LogP contribution < -0.4 is 4.74 Å². The van der Waals surface area contributed by atoms with Crippen molar-refractivity contribution in [3.63, 3.8) is 0 Å². The summed E-state index contributed by atoms with van der Waals surface area (Å²) in [5.41, 5.74) is 0.480. The van der Waals surface area contributed by atoms with E-state index in [1.807, 2.05) is 11.6 Å². The Bertz CT molecular complexity index is 578. The molecule has 1 aromatic heterocycles. The minimum Gasteiger partial charge on any atom is -0.496 e. The molecule has 0 N–H and O–H groups in total. The maximum absolute atomic E-state index is 12.2. The number of carbonyl (C=O) groups is 1. The maximum Gasteiger partial charge on any atom is 0.174 e. The average Bonchev–Trinajstić information content (AvgIpc) is 2.75. The number of nitrogens with zero attached hydrogens (tertiary/aromatic N) is 2. The molecule has 2 rings (SSSR count). The number of carbonyl (C=O) groups excluding carboxylic acids is 1. The number of hydrogen-bond donors (Lipinski definition) is 0. The molecule has 0 bridgehead atoms. The molecule has 0 amide bonds. The van der Waals surface area contributed by atoms with Crippen LogP contribution in [-0.2, 0) is 13.5 Å². The number of aryl methyl sites for hydroxylation is 1. The van der Waals surface area contributed by atoms with Crippen LogP contribution in [0.25, 0.3) is 0 Å². The third kappa shape index (κ3) is 2.54. The summed E-state index contributed by atoms with van der Waals surface area (Å²) in [6.45, 7) is 0. The van der Waals surface area contributed by atoms with Gasteiger partial charge in [-0.3, -0.25) is 4.79 Å². The van der Waals surface area contributed by atoms with Crippen molar-refractivity contribution in [2.45, 2.75) is 6.42 Å². The number of halogens is 1. The molecule has 4 nitrogen and oxygen atoms in total. The van der Waals surface area contributed by atoms with Crippen LogP contribution in [-0.4, -0.2) is 22.4 Å². The highest BCUT2D eigenvalue weighted by Crippen LogP contribution is 2.23. The van der Waals surface area contributed by atoms with E-state index in [9.17, 15) is 4.79 Å². The molecule has 0 atom stereocenters. The molecule has 18 heavy (non-hydrogen) atoms. The van der Waals surface area contributed by atoms with Crippen molar-refractivity contribution in [3.05, 3.63) is 47.0 Å². The number of hydrogen-bond acceptors (Lipinski definition) is 3. The van der Waals surface area contributed by atoms with E-state index < -0.39 is 0 Å². The molecular formula is C13H13ClN2O2. The lowest BCUT2D eigenvalue weighted by atomic mass is 10.1. The monoisotopic (exact) mass is 264 g/mol. The van der Waals surface area contributed by atoms with Gasteiger partial charge in [0.25, 0.3) is 0 Å². The number of imidazole rings is 1. The van der Waals surface area contributed by atoms with Crippen molar-refractivity contribution in [2.24, 2.45) is 7.05 Å². The summed E-state index contributed by atoms with van der Waals surface area (Å²) >= 11 is 5.90. The van der Waals surface area contributed by atoms with Gasteiger partial charge in [0.2, 0.25) is 0 Å². The standard InChI is InChI=1S/C13H13ClN2O2/c1-16-6-5-15-13(16)8-11(17)10-7-9(14)3-4-12(10)18-2/h3-7H,8H2,1-2H3. The highest BCUT2D eigenvalue weighted by molar-refractivity contribution is 6.31. The Balaban J connectivity index is 2.29. The van der Waals surface area contributed by atoms with E-state index in [1.165, 1.54) is 7.11 Å². The lowest BCUT2D eigenvalue weighted by Gasteiger charge is -2.08. The molecule has 0 saturated carbocycles.